The standard InChI is InChI=1S/C14H14N4O3/c1-9(19)21-7-6-18-11-5-3-2-4-10(11)15-14-12(18)8-13(20)16-17-14/h2-5,8H,6-7H2,1H3,(H,15,17)(H,16,20). The fraction of sp³-hybridized carbons (Fsp3) is 0.214. The Morgan fingerprint density at radius 1 is 1.33 bits per heavy atom. The number of carbonyl (C=O) groups excluding carboxylic acids is 1. The molecule has 0 radical (unpaired) electrons. The van der Waals surface area contributed by atoms with E-state index < -0.39 is 0 Å². The maximum Gasteiger partial charge on any atom is 0.302 e. The van der Waals surface area contributed by atoms with Crippen molar-refractivity contribution in [2.24, 2.45) is 0 Å². The summed E-state index contributed by atoms with van der Waals surface area (Å²) in [6.07, 6.45) is 0. The van der Waals surface area contributed by atoms with Crippen LogP contribution in [-0.4, -0.2) is 29.3 Å². The van der Waals surface area contributed by atoms with Crippen LogP contribution in [0.5, 0.6) is 0 Å². The average molecular weight is 286 g/mol. The van der Waals surface area contributed by atoms with Crippen molar-refractivity contribution < 1.29 is 9.53 Å². The number of nitrogens with zero attached hydrogens (tertiary/aromatic N) is 2. The summed E-state index contributed by atoms with van der Waals surface area (Å²) in [6.45, 7) is 2.04. The zero-order chi connectivity index (χ0) is 14.8. The van der Waals surface area contributed by atoms with Gasteiger partial charge in [0, 0.05) is 13.0 Å². The van der Waals surface area contributed by atoms with Gasteiger partial charge in [0.05, 0.1) is 23.6 Å². The monoisotopic (exact) mass is 286 g/mol. The van der Waals surface area contributed by atoms with Crippen molar-refractivity contribution >= 4 is 28.8 Å². The number of aromatic amines is 1. The van der Waals surface area contributed by atoms with Crippen LogP contribution in [0.25, 0.3) is 0 Å². The Bertz CT molecular complexity index is 741. The summed E-state index contributed by atoms with van der Waals surface area (Å²) >= 11 is 0. The fourth-order valence-corrected chi connectivity index (χ4v) is 2.28. The van der Waals surface area contributed by atoms with E-state index in [0.717, 1.165) is 11.4 Å². The molecular weight excluding hydrogens is 272 g/mol. The largest absolute Gasteiger partial charge is 0.464 e. The van der Waals surface area contributed by atoms with Gasteiger partial charge >= 0.3 is 5.97 Å². The second-order valence-corrected chi connectivity index (χ2v) is 4.60. The lowest BCUT2D eigenvalue weighted by atomic mass is 10.1. The zero-order valence-electron chi connectivity index (χ0n) is 11.4. The molecule has 1 aliphatic heterocycles. The Hall–Kier alpha value is -2.83. The summed E-state index contributed by atoms with van der Waals surface area (Å²) in [7, 11) is 0. The molecule has 3 rings (SSSR count). The number of hydrogen-bond acceptors (Lipinski definition) is 6. The molecule has 0 saturated heterocycles. The van der Waals surface area contributed by atoms with E-state index >= 15 is 0 Å². The number of anilines is 4. The molecule has 2 aromatic rings. The summed E-state index contributed by atoms with van der Waals surface area (Å²) in [6, 6.07) is 9.14. The molecule has 0 aliphatic carbocycles. The molecular formula is C14H14N4O3. The van der Waals surface area contributed by atoms with Gasteiger partial charge in [-0.15, -0.1) is 0 Å². The Kier molecular flexibility index (Phi) is 3.31. The van der Waals surface area contributed by atoms with E-state index in [1.54, 1.807) is 0 Å². The number of esters is 1. The van der Waals surface area contributed by atoms with Gasteiger partial charge in [-0.3, -0.25) is 9.59 Å². The lowest BCUT2D eigenvalue weighted by Gasteiger charge is -2.32. The van der Waals surface area contributed by atoms with E-state index in [0.29, 0.717) is 18.1 Å². The van der Waals surface area contributed by atoms with Gasteiger partial charge in [0.15, 0.2) is 5.82 Å². The van der Waals surface area contributed by atoms with E-state index in [1.807, 2.05) is 29.2 Å². The summed E-state index contributed by atoms with van der Waals surface area (Å²) in [5.41, 5.74) is 2.16. The van der Waals surface area contributed by atoms with E-state index in [1.165, 1.54) is 13.0 Å². The van der Waals surface area contributed by atoms with Crippen molar-refractivity contribution in [1.82, 2.24) is 10.2 Å². The van der Waals surface area contributed by atoms with Crippen molar-refractivity contribution in [3.8, 4) is 0 Å². The third-order valence-corrected chi connectivity index (χ3v) is 3.15. The number of fused-ring (bicyclic) bond motifs is 2. The number of benzene rings is 1. The number of H-pyrrole nitrogens is 1. The summed E-state index contributed by atoms with van der Waals surface area (Å²) in [5, 5.41) is 9.58. The summed E-state index contributed by atoms with van der Waals surface area (Å²) < 4.78 is 5.00. The number of rotatable bonds is 3. The predicted molar refractivity (Wildman–Crippen MR) is 78.2 cm³/mol. The summed E-state index contributed by atoms with van der Waals surface area (Å²) in [5.74, 6) is 0.235. The zero-order valence-corrected chi connectivity index (χ0v) is 11.4. The van der Waals surface area contributed by atoms with Crippen LogP contribution in [0, 0.1) is 0 Å². The number of carbonyl (C=O) groups is 1. The highest BCUT2D eigenvalue weighted by Gasteiger charge is 2.23. The molecule has 7 nitrogen and oxygen atoms in total. The first-order valence-corrected chi connectivity index (χ1v) is 6.52. The normalized spacial score (nSPS) is 12.1. The Balaban J connectivity index is 1.98. The van der Waals surface area contributed by atoms with Crippen LogP contribution in [0.15, 0.2) is 35.1 Å². The van der Waals surface area contributed by atoms with E-state index in [-0.39, 0.29) is 18.1 Å². The molecule has 0 unspecified atom stereocenters. The van der Waals surface area contributed by atoms with Crippen LogP contribution in [0.1, 0.15) is 6.92 Å². The molecule has 0 atom stereocenters. The highest BCUT2D eigenvalue weighted by Crippen LogP contribution is 2.40. The fourth-order valence-electron chi connectivity index (χ4n) is 2.28. The Morgan fingerprint density at radius 3 is 2.95 bits per heavy atom. The number of aromatic nitrogens is 2. The minimum atomic E-state index is -0.331. The smallest absolute Gasteiger partial charge is 0.302 e. The molecule has 2 N–H and O–H groups in total. The van der Waals surface area contributed by atoms with Gasteiger partial charge in [-0.25, -0.2) is 5.10 Å². The highest BCUT2D eigenvalue weighted by molar-refractivity contribution is 5.89. The van der Waals surface area contributed by atoms with Crippen LogP contribution < -0.4 is 15.8 Å². The van der Waals surface area contributed by atoms with Crippen LogP contribution in [0.3, 0.4) is 0 Å². The molecule has 0 spiro atoms. The molecule has 7 heteroatoms. The van der Waals surface area contributed by atoms with Gasteiger partial charge in [-0.1, -0.05) is 12.1 Å². The summed E-state index contributed by atoms with van der Waals surface area (Å²) in [4.78, 5) is 24.3. The maximum atomic E-state index is 11.5. The average Bonchev–Trinajstić information content (AvgIpc) is 2.46. The molecule has 0 bridgehead atoms. The third-order valence-electron chi connectivity index (χ3n) is 3.15. The number of para-hydroxylation sites is 2. The second-order valence-electron chi connectivity index (χ2n) is 4.60. The van der Waals surface area contributed by atoms with Crippen LogP contribution in [0.4, 0.5) is 22.9 Å². The maximum absolute atomic E-state index is 11.5. The quantitative estimate of drug-likeness (QED) is 0.832. The lowest BCUT2D eigenvalue weighted by Crippen LogP contribution is -2.29. The number of ether oxygens (including phenoxy) is 1. The van der Waals surface area contributed by atoms with Gasteiger partial charge in [-0.2, -0.15) is 5.10 Å². The first kappa shape index (κ1) is 13.2. The Morgan fingerprint density at radius 2 is 2.14 bits per heavy atom. The van der Waals surface area contributed by atoms with E-state index in [4.69, 9.17) is 4.74 Å². The van der Waals surface area contributed by atoms with E-state index in [2.05, 4.69) is 15.5 Å². The highest BCUT2D eigenvalue weighted by atomic mass is 16.5. The molecule has 1 aliphatic rings. The SMILES string of the molecule is CC(=O)OCCN1c2ccccc2Nc2n[nH]c(=O)cc21. The molecule has 2 heterocycles. The minimum absolute atomic E-state index is 0.232. The molecule has 0 amide bonds. The first-order chi connectivity index (χ1) is 10.1. The van der Waals surface area contributed by atoms with Crippen molar-refractivity contribution in [3.63, 3.8) is 0 Å². The van der Waals surface area contributed by atoms with Crippen LogP contribution in [0.2, 0.25) is 0 Å². The van der Waals surface area contributed by atoms with Crippen molar-refractivity contribution in [2.75, 3.05) is 23.4 Å². The molecule has 0 fully saturated rings. The van der Waals surface area contributed by atoms with Crippen molar-refractivity contribution in [3.05, 3.63) is 40.7 Å². The number of hydrogen-bond donors (Lipinski definition) is 2. The molecule has 0 saturated carbocycles. The van der Waals surface area contributed by atoms with Crippen LogP contribution >= 0.6 is 0 Å². The third kappa shape index (κ3) is 2.58. The minimum Gasteiger partial charge on any atom is -0.464 e. The number of nitrogens with one attached hydrogen (secondary N) is 2. The van der Waals surface area contributed by atoms with Gasteiger partial charge in [-0.05, 0) is 12.1 Å². The van der Waals surface area contributed by atoms with Gasteiger partial charge in [0.1, 0.15) is 6.61 Å². The molecule has 108 valence electrons. The Labute approximate surface area is 120 Å². The van der Waals surface area contributed by atoms with Gasteiger partial charge < -0.3 is 15.0 Å². The van der Waals surface area contributed by atoms with E-state index in [9.17, 15) is 9.59 Å². The first-order valence-electron chi connectivity index (χ1n) is 6.52. The van der Waals surface area contributed by atoms with Gasteiger partial charge in [0.25, 0.3) is 5.56 Å². The van der Waals surface area contributed by atoms with Crippen molar-refractivity contribution in [2.45, 2.75) is 6.92 Å². The lowest BCUT2D eigenvalue weighted by molar-refractivity contribution is -0.140. The second kappa shape index (κ2) is 5.28. The van der Waals surface area contributed by atoms with Crippen molar-refractivity contribution in [1.29, 1.82) is 0 Å². The molecule has 1 aromatic heterocycles. The topological polar surface area (TPSA) is 87.3 Å². The molecule has 21 heavy (non-hydrogen) atoms. The van der Waals surface area contributed by atoms with Gasteiger partial charge in [0.2, 0.25) is 0 Å². The predicted octanol–water partition coefficient (Wildman–Crippen LogP) is 1.53. The van der Waals surface area contributed by atoms with Crippen LogP contribution in [-0.2, 0) is 9.53 Å². The molecule has 1 aromatic carbocycles.